The first-order chi connectivity index (χ1) is 5.16. The first-order valence-corrected chi connectivity index (χ1v) is 4.10. The molecule has 0 aromatic carbocycles. The SMILES string of the molecule is CC1CC(=O)N(CCCl)C1=O. The van der Waals surface area contributed by atoms with Gasteiger partial charge in [0.15, 0.2) is 0 Å². The Morgan fingerprint density at radius 1 is 1.64 bits per heavy atom. The van der Waals surface area contributed by atoms with Crippen molar-refractivity contribution in [2.45, 2.75) is 13.3 Å². The Labute approximate surface area is 70.3 Å². The molecule has 1 atom stereocenters. The van der Waals surface area contributed by atoms with E-state index in [1.54, 1.807) is 6.92 Å². The van der Waals surface area contributed by atoms with Gasteiger partial charge in [0.25, 0.3) is 0 Å². The Balaban J connectivity index is 2.64. The number of alkyl halides is 1. The van der Waals surface area contributed by atoms with Gasteiger partial charge in [0.1, 0.15) is 0 Å². The van der Waals surface area contributed by atoms with Gasteiger partial charge in [-0.05, 0) is 0 Å². The molecule has 0 aromatic rings. The van der Waals surface area contributed by atoms with E-state index in [9.17, 15) is 9.59 Å². The van der Waals surface area contributed by atoms with E-state index in [2.05, 4.69) is 0 Å². The lowest BCUT2D eigenvalue weighted by Gasteiger charge is -2.10. The van der Waals surface area contributed by atoms with Crippen LogP contribution in [0.15, 0.2) is 0 Å². The number of hydrogen-bond acceptors (Lipinski definition) is 2. The number of likely N-dealkylation sites (tertiary alicyclic amines) is 1. The number of hydrogen-bond donors (Lipinski definition) is 0. The number of carbonyl (C=O) groups excluding carboxylic acids is 2. The van der Waals surface area contributed by atoms with Crippen LogP contribution in [0.25, 0.3) is 0 Å². The Bertz CT molecular complexity index is 193. The number of imide groups is 1. The molecule has 3 nitrogen and oxygen atoms in total. The van der Waals surface area contributed by atoms with Crippen molar-refractivity contribution >= 4 is 23.4 Å². The zero-order chi connectivity index (χ0) is 8.43. The van der Waals surface area contributed by atoms with Gasteiger partial charge < -0.3 is 0 Å². The summed E-state index contributed by atoms with van der Waals surface area (Å²) in [5.41, 5.74) is 0. The van der Waals surface area contributed by atoms with Gasteiger partial charge in [-0.2, -0.15) is 0 Å². The highest BCUT2D eigenvalue weighted by molar-refractivity contribution is 6.18. The largest absolute Gasteiger partial charge is 0.281 e. The molecule has 0 N–H and O–H groups in total. The summed E-state index contributed by atoms with van der Waals surface area (Å²) in [6.07, 6.45) is 0.343. The van der Waals surface area contributed by atoms with Crippen LogP contribution in [-0.2, 0) is 9.59 Å². The molecule has 4 heteroatoms. The summed E-state index contributed by atoms with van der Waals surface area (Å²) < 4.78 is 0. The summed E-state index contributed by atoms with van der Waals surface area (Å²) in [5, 5.41) is 0. The maximum Gasteiger partial charge on any atom is 0.232 e. The lowest BCUT2D eigenvalue weighted by molar-refractivity contribution is -0.138. The number of carbonyl (C=O) groups is 2. The number of nitrogens with zero attached hydrogens (tertiary/aromatic N) is 1. The van der Waals surface area contributed by atoms with E-state index in [0.29, 0.717) is 18.8 Å². The standard InChI is InChI=1S/C7H10ClNO2/c1-5-4-6(10)9(3-2-8)7(5)11/h5H,2-4H2,1H3. The summed E-state index contributed by atoms with van der Waals surface area (Å²) >= 11 is 5.41. The minimum atomic E-state index is -0.147. The quantitative estimate of drug-likeness (QED) is 0.456. The van der Waals surface area contributed by atoms with Gasteiger partial charge in [-0.25, -0.2) is 0 Å². The monoisotopic (exact) mass is 175 g/mol. The van der Waals surface area contributed by atoms with E-state index >= 15 is 0 Å². The first-order valence-electron chi connectivity index (χ1n) is 3.57. The van der Waals surface area contributed by atoms with Gasteiger partial charge in [-0.1, -0.05) is 6.92 Å². The fourth-order valence-electron chi connectivity index (χ4n) is 1.17. The second-order valence-corrected chi connectivity index (χ2v) is 3.06. The van der Waals surface area contributed by atoms with Crippen molar-refractivity contribution in [1.82, 2.24) is 4.90 Å². The average Bonchev–Trinajstić information content (AvgIpc) is 2.17. The highest BCUT2D eigenvalue weighted by atomic mass is 35.5. The molecule has 0 radical (unpaired) electrons. The van der Waals surface area contributed by atoms with E-state index in [0.717, 1.165) is 0 Å². The molecule has 0 bridgehead atoms. The first kappa shape index (κ1) is 8.53. The molecule has 1 aliphatic rings. The minimum Gasteiger partial charge on any atom is -0.281 e. The normalized spacial score (nSPS) is 24.9. The Morgan fingerprint density at radius 3 is 2.64 bits per heavy atom. The zero-order valence-electron chi connectivity index (χ0n) is 6.34. The zero-order valence-corrected chi connectivity index (χ0v) is 7.10. The third kappa shape index (κ3) is 1.53. The summed E-state index contributed by atoms with van der Waals surface area (Å²) in [6, 6.07) is 0. The highest BCUT2D eigenvalue weighted by Gasteiger charge is 2.34. The van der Waals surface area contributed by atoms with Crippen LogP contribution in [-0.4, -0.2) is 29.1 Å². The van der Waals surface area contributed by atoms with Crippen molar-refractivity contribution in [3.63, 3.8) is 0 Å². The summed E-state index contributed by atoms with van der Waals surface area (Å²) in [5.74, 6) is -0.00554. The molecule has 1 aliphatic heterocycles. The van der Waals surface area contributed by atoms with Crippen LogP contribution in [0, 0.1) is 5.92 Å². The van der Waals surface area contributed by atoms with Crippen LogP contribution >= 0.6 is 11.6 Å². The van der Waals surface area contributed by atoms with Crippen molar-refractivity contribution in [2.24, 2.45) is 5.92 Å². The summed E-state index contributed by atoms with van der Waals surface area (Å²) in [6.45, 7) is 2.11. The van der Waals surface area contributed by atoms with E-state index < -0.39 is 0 Å². The Kier molecular flexibility index (Phi) is 2.49. The van der Waals surface area contributed by atoms with E-state index in [-0.39, 0.29) is 17.7 Å². The van der Waals surface area contributed by atoms with Gasteiger partial charge in [0, 0.05) is 24.8 Å². The summed E-state index contributed by atoms with van der Waals surface area (Å²) in [4.78, 5) is 23.4. The molecule has 2 amide bonds. The number of rotatable bonds is 2. The van der Waals surface area contributed by atoms with Crippen molar-refractivity contribution in [3.05, 3.63) is 0 Å². The third-order valence-corrected chi connectivity index (χ3v) is 1.95. The molecule has 62 valence electrons. The topological polar surface area (TPSA) is 37.4 Å². The van der Waals surface area contributed by atoms with Crippen LogP contribution in [0.5, 0.6) is 0 Å². The Morgan fingerprint density at radius 2 is 2.27 bits per heavy atom. The second kappa shape index (κ2) is 3.22. The van der Waals surface area contributed by atoms with Crippen LogP contribution in [0.1, 0.15) is 13.3 Å². The average molecular weight is 176 g/mol. The van der Waals surface area contributed by atoms with Crippen molar-refractivity contribution in [2.75, 3.05) is 12.4 Å². The second-order valence-electron chi connectivity index (χ2n) is 2.68. The molecule has 0 saturated carbocycles. The molecule has 1 rings (SSSR count). The van der Waals surface area contributed by atoms with Crippen molar-refractivity contribution < 1.29 is 9.59 Å². The van der Waals surface area contributed by atoms with Gasteiger partial charge in [-0.3, -0.25) is 14.5 Å². The van der Waals surface area contributed by atoms with Gasteiger partial charge in [-0.15, -0.1) is 11.6 Å². The molecule has 11 heavy (non-hydrogen) atoms. The molecular weight excluding hydrogens is 166 g/mol. The Hall–Kier alpha value is -0.570. The molecule has 0 aliphatic carbocycles. The van der Waals surface area contributed by atoms with Gasteiger partial charge >= 0.3 is 0 Å². The fraction of sp³-hybridized carbons (Fsp3) is 0.714. The van der Waals surface area contributed by atoms with Crippen molar-refractivity contribution in [1.29, 1.82) is 0 Å². The maximum atomic E-state index is 11.2. The molecule has 1 fully saturated rings. The molecule has 1 heterocycles. The molecule has 0 aromatic heterocycles. The molecule has 1 unspecified atom stereocenters. The maximum absolute atomic E-state index is 11.2. The predicted molar refractivity (Wildman–Crippen MR) is 41.2 cm³/mol. The minimum absolute atomic E-state index is 0.0874. The smallest absolute Gasteiger partial charge is 0.232 e. The highest BCUT2D eigenvalue weighted by Crippen LogP contribution is 2.17. The van der Waals surface area contributed by atoms with Crippen LogP contribution < -0.4 is 0 Å². The molecule has 0 spiro atoms. The lowest BCUT2D eigenvalue weighted by Crippen LogP contribution is -2.31. The fourth-order valence-corrected chi connectivity index (χ4v) is 1.34. The van der Waals surface area contributed by atoms with Crippen LogP contribution in [0.3, 0.4) is 0 Å². The molecule has 1 saturated heterocycles. The van der Waals surface area contributed by atoms with E-state index in [4.69, 9.17) is 11.6 Å². The number of halogens is 1. The number of amides is 2. The van der Waals surface area contributed by atoms with Crippen molar-refractivity contribution in [3.8, 4) is 0 Å². The van der Waals surface area contributed by atoms with Gasteiger partial charge in [0.2, 0.25) is 11.8 Å². The predicted octanol–water partition coefficient (Wildman–Crippen LogP) is 0.620. The lowest BCUT2D eigenvalue weighted by atomic mass is 10.1. The van der Waals surface area contributed by atoms with Crippen LogP contribution in [0.2, 0.25) is 0 Å². The van der Waals surface area contributed by atoms with E-state index in [1.807, 2.05) is 0 Å². The molecular formula is C7H10ClNO2. The van der Waals surface area contributed by atoms with Crippen LogP contribution in [0.4, 0.5) is 0 Å². The van der Waals surface area contributed by atoms with Gasteiger partial charge in [0.05, 0.1) is 0 Å². The third-order valence-electron chi connectivity index (χ3n) is 1.78. The summed E-state index contributed by atoms with van der Waals surface area (Å²) in [7, 11) is 0. The van der Waals surface area contributed by atoms with E-state index in [1.165, 1.54) is 4.90 Å².